The van der Waals surface area contributed by atoms with Gasteiger partial charge in [0.05, 0.1) is 0 Å². The summed E-state index contributed by atoms with van der Waals surface area (Å²) in [5.74, 6) is 1.84. The SMILES string of the molecule is CC1CCN(c2ccc(CNC(=O)NCc3ccccc3CN(C)C)cn2)CC1. The Morgan fingerprint density at radius 3 is 2.41 bits per heavy atom. The number of hydrogen-bond donors (Lipinski definition) is 2. The summed E-state index contributed by atoms with van der Waals surface area (Å²) >= 11 is 0. The minimum atomic E-state index is -0.168. The van der Waals surface area contributed by atoms with E-state index in [0.717, 1.165) is 42.5 Å². The Bertz CT molecular complexity index is 782. The van der Waals surface area contributed by atoms with Gasteiger partial charge in [0.2, 0.25) is 0 Å². The van der Waals surface area contributed by atoms with Gasteiger partial charge in [-0.3, -0.25) is 0 Å². The van der Waals surface area contributed by atoms with E-state index in [0.29, 0.717) is 13.1 Å². The number of urea groups is 1. The normalized spacial score (nSPS) is 14.8. The molecule has 6 nitrogen and oxygen atoms in total. The second-order valence-corrected chi connectivity index (χ2v) is 8.24. The maximum absolute atomic E-state index is 12.2. The number of hydrogen-bond acceptors (Lipinski definition) is 4. The highest BCUT2D eigenvalue weighted by Gasteiger charge is 2.16. The van der Waals surface area contributed by atoms with E-state index in [2.05, 4.69) is 50.5 Å². The fourth-order valence-corrected chi connectivity index (χ4v) is 3.59. The molecule has 0 aliphatic carbocycles. The second-order valence-electron chi connectivity index (χ2n) is 8.24. The van der Waals surface area contributed by atoms with Crippen molar-refractivity contribution in [3.8, 4) is 0 Å². The number of carbonyl (C=O) groups excluding carboxylic acids is 1. The van der Waals surface area contributed by atoms with Crippen molar-refractivity contribution in [2.75, 3.05) is 32.1 Å². The molecule has 1 aromatic heterocycles. The predicted molar refractivity (Wildman–Crippen MR) is 118 cm³/mol. The van der Waals surface area contributed by atoms with E-state index in [1.54, 1.807) is 0 Å². The monoisotopic (exact) mass is 395 g/mol. The van der Waals surface area contributed by atoms with E-state index in [1.807, 2.05) is 38.5 Å². The first-order valence-corrected chi connectivity index (χ1v) is 10.4. The average molecular weight is 396 g/mol. The van der Waals surface area contributed by atoms with Gasteiger partial charge < -0.3 is 20.4 Å². The maximum Gasteiger partial charge on any atom is 0.315 e. The van der Waals surface area contributed by atoms with Gasteiger partial charge in [0, 0.05) is 38.9 Å². The number of pyridine rings is 1. The molecule has 1 aliphatic heterocycles. The van der Waals surface area contributed by atoms with Crippen molar-refractivity contribution >= 4 is 11.8 Å². The van der Waals surface area contributed by atoms with Crippen molar-refractivity contribution in [2.24, 2.45) is 5.92 Å². The fraction of sp³-hybridized carbons (Fsp3) is 0.478. The number of piperidine rings is 1. The van der Waals surface area contributed by atoms with E-state index >= 15 is 0 Å². The van der Waals surface area contributed by atoms with Gasteiger partial charge in [-0.2, -0.15) is 0 Å². The van der Waals surface area contributed by atoms with Crippen LogP contribution in [0, 0.1) is 5.92 Å². The van der Waals surface area contributed by atoms with Crippen LogP contribution in [0.5, 0.6) is 0 Å². The lowest BCUT2D eigenvalue weighted by Gasteiger charge is -2.31. The molecule has 0 unspecified atom stereocenters. The summed E-state index contributed by atoms with van der Waals surface area (Å²) in [5, 5.41) is 5.87. The Kier molecular flexibility index (Phi) is 7.47. The zero-order valence-electron chi connectivity index (χ0n) is 17.8. The van der Waals surface area contributed by atoms with E-state index in [4.69, 9.17) is 0 Å². The van der Waals surface area contributed by atoms with Gasteiger partial charge in [-0.05, 0) is 55.6 Å². The van der Waals surface area contributed by atoms with E-state index in [-0.39, 0.29) is 6.03 Å². The third-order valence-electron chi connectivity index (χ3n) is 5.41. The summed E-state index contributed by atoms with van der Waals surface area (Å²) in [7, 11) is 4.09. The molecule has 6 heteroatoms. The number of carbonyl (C=O) groups is 1. The van der Waals surface area contributed by atoms with Crippen molar-refractivity contribution in [1.82, 2.24) is 20.5 Å². The van der Waals surface area contributed by atoms with Crippen LogP contribution in [-0.4, -0.2) is 43.1 Å². The van der Waals surface area contributed by atoms with Gasteiger partial charge in [-0.1, -0.05) is 37.3 Å². The fourth-order valence-electron chi connectivity index (χ4n) is 3.59. The molecule has 2 amide bonds. The number of nitrogens with zero attached hydrogens (tertiary/aromatic N) is 3. The summed E-state index contributed by atoms with van der Waals surface area (Å²) in [6.07, 6.45) is 4.31. The molecule has 1 aromatic carbocycles. The van der Waals surface area contributed by atoms with Gasteiger partial charge in [0.1, 0.15) is 5.82 Å². The van der Waals surface area contributed by atoms with E-state index in [9.17, 15) is 4.79 Å². The van der Waals surface area contributed by atoms with E-state index < -0.39 is 0 Å². The van der Waals surface area contributed by atoms with Crippen LogP contribution >= 0.6 is 0 Å². The molecule has 29 heavy (non-hydrogen) atoms. The summed E-state index contributed by atoms with van der Waals surface area (Å²) in [6.45, 7) is 6.29. The van der Waals surface area contributed by atoms with E-state index in [1.165, 1.54) is 18.4 Å². The van der Waals surface area contributed by atoms with Gasteiger partial charge in [-0.25, -0.2) is 9.78 Å². The summed E-state index contributed by atoms with van der Waals surface area (Å²) in [4.78, 5) is 21.3. The lowest BCUT2D eigenvalue weighted by Crippen LogP contribution is -2.35. The minimum absolute atomic E-state index is 0.168. The van der Waals surface area contributed by atoms with Crippen molar-refractivity contribution in [3.05, 3.63) is 59.3 Å². The Hall–Kier alpha value is -2.60. The number of amides is 2. The highest BCUT2D eigenvalue weighted by atomic mass is 16.2. The van der Waals surface area contributed by atoms with Gasteiger partial charge in [0.25, 0.3) is 0 Å². The number of nitrogens with one attached hydrogen (secondary N) is 2. The first-order chi connectivity index (χ1) is 14.0. The standard InChI is InChI=1S/C23H33N5O/c1-18-10-12-28(13-11-18)22-9-8-19(14-24-22)15-25-23(29)26-16-20-6-4-5-7-21(20)17-27(2)3/h4-9,14,18H,10-13,15-17H2,1-3H3,(H2,25,26,29). The topological polar surface area (TPSA) is 60.5 Å². The van der Waals surface area contributed by atoms with Crippen LogP contribution in [0.3, 0.4) is 0 Å². The van der Waals surface area contributed by atoms with Crippen LogP contribution in [0.2, 0.25) is 0 Å². The molecule has 2 heterocycles. The van der Waals surface area contributed by atoms with Crippen molar-refractivity contribution in [3.63, 3.8) is 0 Å². The van der Waals surface area contributed by atoms with Crippen LogP contribution in [0.25, 0.3) is 0 Å². The third-order valence-corrected chi connectivity index (χ3v) is 5.41. The molecule has 0 radical (unpaired) electrons. The number of benzene rings is 1. The molecule has 0 atom stereocenters. The average Bonchev–Trinajstić information content (AvgIpc) is 2.72. The van der Waals surface area contributed by atoms with Gasteiger partial charge in [0.15, 0.2) is 0 Å². The van der Waals surface area contributed by atoms with Crippen molar-refractivity contribution < 1.29 is 4.79 Å². The first kappa shape index (κ1) is 21.1. The molecular weight excluding hydrogens is 362 g/mol. The number of aromatic nitrogens is 1. The van der Waals surface area contributed by atoms with Crippen LogP contribution in [0.1, 0.15) is 36.5 Å². The van der Waals surface area contributed by atoms with Crippen molar-refractivity contribution in [2.45, 2.75) is 39.4 Å². The number of anilines is 1. The van der Waals surface area contributed by atoms with Gasteiger partial charge >= 0.3 is 6.03 Å². The quantitative estimate of drug-likeness (QED) is 0.755. The lowest BCUT2D eigenvalue weighted by molar-refractivity contribution is 0.240. The van der Waals surface area contributed by atoms with Crippen LogP contribution < -0.4 is 15.5 Å². The largest absolute Gasteiger partial charge is 0.357 e. The Balaban J connectivity index is 1.45. The van der Waals surface area contributed by atoms with Crippen LogP contribution in [-0.2, 0) is 19.6 Å². The first-order valence-electron chi connectivity index (χ1n) is 10.4. The zero-order valence-corrected chi connectivity index (χ0v) is 17.8. The zero-order chi connectivity index (χ0) is 20.6. The molecule has 2 aromatic rings. The lowest BCUT2D eigenvalue weighted by atomic mass is 9.99. The number of rotatable bonds is 7. The molecule has 0 saturated carbocycles. The molecule has 0 spiro atoms. The predicted octanol–water partition coefficient (Wildman–Crippen LogP) is 3.38. The molecule has 1 aliphatic rings. The molecule has 2 N–H and O–H groups in total. The van der Waals surface area contributed by atoms with Gasteiger partial charge in [-0.15, -0.1) is 0 Å². The Morgan fingerprint density at radius 2 is 1.76 bits per heavy atom. The molecule has 3 rings (SSSR count). The summed E-state index contributed by atoms with van der Waals surface area (Å²) in [5.41, 5.74) is 3.37. The molecular formula is C23H33N5O. The second kappa shape index (κ2) is 10.3. The molecule has 156 valence electrons. The van der Waals surface area contributed by atoms with Crippen LogP contribution in [0.4, 0.5) is 10.6 Å². The maximum atomic E-state index is 12.2. The molecule has 0 bridgehead atoms. The third kappa shape index (κ3) is 6.46. The smallest absolute Gasteiger partial charge is 0.315 e. The highest BCUT2D eigenvalue weighted by molar-refractivity contribution is 5.73. The summed E-state index contributed by atoms with van der Waals surface area (Å²) in [6, 6.07) is 12.1. The van der Waals surface area contributed by atoms with Crippen LogP contribution in [0.15, 0.2) is 42.6 Å². The highest BCUT2D eigenvalue weighted by Crippen LogP contribution is 2.21. The Morgan fingerprint density at radius 1 is 1.07 bits per heavy atom. The Labute approximate surface area is 174 Å². The minimum Gasteiger partial charge on any atom is -0.357 e. The van der Waals surface area contributed by atoms with Crippen molar-refractivity contribution in [1.29, 1.82) is 0 Å². The molecule has 1 fully saturated rings. The summed E-state index contributed by atoms with van der Waals surface area (Å²) < 4.78 is 0. The molecule has 1 saturated heterocycles.